The molecule has 3 nitrogen and oxygen atoms in total. The topological polar surface area (TPSA) is 45.8 Å². The van der Waals surface area contributed by atoms with Crippen molar-refractivity contribution in [3.05, 3.63) is 52.1 Å². The van der Waals surface area contributed by atoms with Crippen LogP contribution in [0.1, 0.15) is 5.69 Å². The van der Waals surface area contributed by atoms with Crippen LogP contribution >= 0.6 is 0 Å². The fourth-order valence-corrected chi connectivity index (χ4v) is 1.48. The molecule has 0 aliphatic rings. The van der Waals surface area contributed by atoms with Crippen LogP contribution in [0.15, 0.2) is 29.1 Å². The van der Waals surface area contributed by atoms with Gasteiger partial charge in [0.1, 0.15) is 17.3 Å². The Bertz CT molecular complexity index is 657. The maximum absolute atomic E-state index is 13.4. The Morgan fingerprint density at radius 3 is 2.21 bits per heavy atom. The van der Waals surface area contributed by atoms with Gasteiger partial charge >= 0.3 is 11.9 Å². The number of hydrogen-bond acceptors (Lipinski definition) is 2. The first-order valence-corrected chi connectivity index (χ1v) is 4.92. The van der Waals surface area contributed by atoms with Crippen LogP contribution in [0.25, 0.3) is 11.3 Å². The van der Waals surface area contributed by atoms with Crippen molar-refractivity contribution in [2.45, 2.75) is 6.18 Å². The van der Waals surface area contributed by atoms with E-state index in [-0.39, 0.29) is 0 Å². The Balaban J connectivity index is 2.70. The lowest BCUT2D eigenvalue weighted by Crippen LogP contribution is -2.19. The van der Waals surface area contributed by atoms with Gasteiger partial charge in [0.15, 0.2) is 0 Å². The van der Waals surface area contributed by atoms with Gasteiger partial charge in [-0.2, -0.15) is 18.2 Å². The lowest BCUT2D eigenvalue weighted by molar-refractivity contribution is -0.141. The maximum atomic E-state index is 13.4. The molecule has 1 N–H and O–H groups in total. The third-order valence-electron chi connectivity index (χ3n) is 2.27. The Hall–Kier alpha value is -2.25. The number of aromatic nitrogens is 2. The van der Waals surface area contributed by atoms with Gasteiger partial charge in [-0.05, 0) is 18.2 Å². The number of alkyl halides is 3. The summed E-state index contributed by atoms with van der Waals surface area (Å²) in [6.07, 6.45) is -4.85. The number of nitrogens with zero attached hydrogens (tertiary/aromatic N) is 1. The molecule has 0 radical (unpaired) electrons. The molecule has 0 atom stereocenters. The van der Waals surface area contributed by atoms with E-state index in [2.05, 4.69) is 4.98 Å². The second kappa shape index (κ2) is 4.45. The smallest absolute Gasteiger partial charge is 0.302 e. The normalized spacial score (nSPS) is 11.6. The van der Waals surface area contributed by atoms with Crippen molar-refractivity contribution in [3.8, 4) is 11.3 Å². The predicted molar refractivity (Wildman–Crippen MR) is 55.2 cm³/mol. The molecule has 2 aromatic rings. The van der Waals surface area contributed by atoms with Crippen molar-refractivity contribution in [1.29, 1.82) is 0 Å². The Kier molecular flexibility index (Phi) is 3.09. The largest absolute Gasteiger partial charge is 0.431 e. The average Bonchev–Trinajstić information content (AvgIpc) is 2.26. The molecule has 100 valence electrons. The molecule has 1 aromatic heterocycles. The molecule has 0 unspecified atom stereocenters. The fraction of sp³-hybridized carbons (Fsp3) is 0.0909. The van der Waals surface area contributed by atoms with Crippen molar-refractivity contribution in [1.82, 2.24) is 9.97 Å². The van der Waals surface area contributed by atoms with Crippen molar-refractivity contribution < 1.29 is 22.0 Å². The van der Waals surface area contributed by atoms with Crippen molar-refractivity contribution in [2.75, 3.05) is 0 Å². The number of H-pyrrole nitrogens is 1. The van der Waals surface area contributed by atoms with Gasteiger partial charge in [0.2, 0.25) is 0 Å². The van der Waals surface area contributed by atoms with Gasteiger partial charge in [0.05, 0.1) is 11.3 Å². The van der Waals surface area contributed by atoms with Gasteiger partial charge in [0.25, 0.3) is 0 Å². The summed E-state index contributed by atoms with van der Waals surface area (Å²) in [6, 6.07) is 3.14. The third-order valence-corrected chi connectivity index (χ3v) is 2.27. The van der Waals surface area contributed by atoms with E-state index in [0.717, 1.165) is 18.2 Å². The highest BCUT2D eigenvalue weighted by atomic mass is 19.4. The summed E-state index contributed by atoms with van der Waals surface area (Å²) in [5, 5.41) is 0. The van der Waals surface area contributed by atoms with E-state index < -0.39 is 40.5 Å². The number of aromatic amines is 1. The molecule has 0 aliphatic carbocycles. The molecule has 19 heavy (non-hydrogen) atoms. The molecule has 0 bridgehead atoms. The average molecular weight is 276 g/mol. The fourth-order valence-electron chi connectivity index (χ4n) is 1.48. The van der Waals surface area contributed by atoms with Gasteiger partial charge in [0, 0.05) is 0 Å². The number of hydrogen-bond donors (Lipinski definition) is 1. The first-order chi connectivity index (χ1) is 8.79. The van der Waals surface area contributed by atoms with Crippen LogP contribution in [0.4, 0.5) is 22.0 Å². The van der Waals surface area contributed by atoms with Crippen molar-refractivity contribution in [3.63, 3.8) is 0 Å². The first kappa shape index (κ1) is 13.2. The van der Waals surface area contributed by atoms with Crippen molar-refractivity contribution in [2.24, 2.45) is 0 Å². The maximum Gasteiger partial charge on any atom is 0.431 e. The lowest BCUT2D eigenvalue weighted by atomic mass is 10.1. The molecule has 0 aliphatic heterocycles. The van der Waals surface area contributed by atoms with Crippen LogP contribution in [0.5, 0.6) is 0 Å². The summed E-state index contributed by atoms with van der Waals surface area (Å²) in [5.41, 5.74) is -4.26. The van der Waals surface area contributed by atoms with Gasteiger partial charge in [-0.15, -0.1) is 0 Å². The van der Waals surface area contributed by atoms with Crippen LogP contribution in [0, 0.1) is 11.6 Å². The highest BCUT2D eigenvalue weighted by molar-refractivity contribution is 5.60. The van der Waals surface area contributed by atoms with Crippen LogP contribution in [-0.2, 0) is 6.18 Å². The van der Waals surface area contributed by atoms with E-state index in [0.29, 0.717) is 6.07 Å². The van der Waals surface area contributed by atoms with E-state index in [1.807, 2.05) is 0 Å². The standard InChI is InChI=1S/C11H5F5N2O/c12-5-2-1-3-6(13)9(5)7-4-8(11(14,15)16)18-10(19)17-7/h1-4H,(H,17,18,19). The summed E-state index contributed by atoms with van der Waals surface area (Å²) in [4.78, 5) is 15.7. The molecule has 0 amide bonds. The summed E-state index contributed by atoms with van der Waals surface area (Å²) < 4.78 is 64.3. The molecule has 0 spiro atoms. The first-order valence-electron chi connectivity index (χ1n) is 4.92. The molecule has 1 heterocycles. The van der Waals surface area contributed by atoms with E-state index in [4.69, 9.17) is 0 Å². The van der Waals surface area contributed by atoms with E-state index >= 15 is 0 Å². The Morgan fingerprint density at radius 2 is 1.68 bits per heavy atom. The second-order valence-corrected chi connectivity index (χ2v) is 3.58. The zero-order valence-electron chi connectivity index (χ0n) is 9.05. The summed E-state index contributed by atoms with van der Waals surface area (Å²) in [6.45, 7) is 0. The second-order valence-electron chi connectivity index (χ2n) is 3.58. The molecular weight excluding hydrogens is 271 g/mol. The van der Waals surface area contributed by atoms with Crippen LogP contribution < -0.4 is 5.69 Å². The number of nitrogens with one attached hydrogen (secondary N) is 1. The molecule has 0 fully saturated rings. The number of halogens is 5. The lowest BCUT2D eigenvalue weighted by Gasteiger charge is -2.08. The minimum absolute atomic E-state index is 0.378. The number of benzene rings is 1. The van der Waals surface area contributed by atoms with Gasteiger partial charge in [-0.1, -0.05) is 6.07 Å². The summed E-state index contributed by atoms with van der Waals surface area (Å²) in [7, 11) is 0. The zero-order chi connectivity index (χ0) is 14.2. The van der Waals surface area contributed by atoms with Crippen molar-refractivity contribution >= 4 is 0 Å². The SMILES string of the molecule is O=c1nc(-c2c(F)cccc2F)cc(C(F)(F)F)[nH]1. The van der Waals surface area contributed by atoms with Crippen LogP contribution in [0.3, 0.4) is 0 Å². The number of rotatable bonds is 1. The van der Waals surface area contributed by atoms with E-state index in [1.54, 1.807) is 0 Å². The van der Waals surface area contributed by atoms with E-state index in [9.17, 15) is 26.7 Å². The van der Waals surface area contributed by atoms with Crippen LogP contribution in [0.2, 0.25) is 0 Å². The minimum Gasteiger partial charge on any atom is -0.302 e. The van der Waals surface area contributed by atoms with Gasteiger partial charge in [-0.3, -0.25) is 0 Å². The Labute approximate surface area is 102 Å². The molecule has 1 aromatic carbocycles. The molecule has 2 rings (SSSR count). The minimum atomic E-state index is -4.85. The monoisotopic (exact) mass is 276 g/mol. The van der Waals surface area contributed by atoms with Crippen LogP contribution in [-0.4, -0.2) is 9.97 Å². The molecule has 0 saturated heterocycles. The summed E-state index contributed by atoms with van der Waals surface area (Å²) >= 11 is 0. The molecular formula is C11H5F5N2O. The zero-order valence-corrected chi connectivity index (χ0v) is 9.05. The van der Waals surface area contributed by atoms with E-state index in [1.165, 1.54) is 4.98 Å². The van der Waals surface area contributed by atoms with Gasteiger partial charge < -0.3 is 4.98 Å². The highest BCUT2D eigenvalue weighted by Gasteiger charge is 2.33. The molecule has 0 saturated carbocycles. The predicted octanol–water partition coefficient (Wildman–Crippen LogP) is 2.73. The third kappa shape index (κ3) is 2.61. The Morgan fingerprint density at radius 1 is 1.11 bits per heavy atom. The highest BCUT2D eigenvalue weighted by Crippen LogP contribution is 2.30. The van der Waals surface area contributed by atoms with Gasteiger partial charge in [-0.25, -0.2) is 13.6 Å². The summed E-state index contributed by atoms with van der Waals surface area (Å²) in [5.74, 6) is -2.21. The molecule has 8 heteroatoms. The quantitative estimate of drug-likeness (QED) is 0.814.